The number of urea groups is 1. The molecule has 0 aliphatic heterocycles. The molecule has 18 heavy (non-hydrogen) atoms. The molecule has 0 aliphatic carbocycles. The van der Waals surface area contributed by atoms with Crippen molar-refractivity contribution in [2.45, 2.75) is 26.3 Å². The van der Waals surface area contributed by atoms with Gasteiger partial charge in [0.05, 0.1) is 19.0 Å². The van der Waals surface area contributed by atoms with Gasteiger partial charge in [-0.05, 0) is 6.42 Å². The highest BCUT2D eigenvalue weighted by Gasteiger charge is 2.06. The van der Waals surface area contributed by atoms with Gasteiger partial charge in [-0.15, -0.1) is 0 Å². The highest BCUT2D eigenvalue weighted by molar-refractivity contribution is 5.88. The van der Waals surface area contributed by atoms with Crippen LogP contribution in [0.25, 0.3) is 0 Å². The Morgan fingerprint density at radius 3 is 2.94 bits per heavy atom. The summed E-state index contributed by atoms with van der Waals surface area (Å²) in [7, 11) is 1.31. The molecule has 7 nitrogen and oxygen atoms in total. The number of nitrogens with zero attached hydrogens (tertiary/aromatic N) is 2. The number of carbonyl (C=O) groups is 2. The Bertz CT molecular complexity index is 403. The number of nitrogens with one attached hydrogen (secondary N) is 2. The van der Waals surface area contributed by atoms with Gasteiger partial charge in [-0.1, -0.05) is 13.3 Å². The van der Waals surface area contributed by atoms with Crippen molar-refractivity contribution in [2.75, 3.05) is 19.0 Å². The van der Waals surface area contributed by atoms with E-state index in [1.807, 2.05) is 0 Å². The molecule has 0 aromatic carbocycles. The van der Waals surface area contributed by atoms with Gasteiger partial charge in [-0.2, -0.15) is 5.10 Å². The zero-order valence-electron chi connectivity index (χ0n) is 10.6. The fourth-order valence-electron chi connectivity index (χ4n) is 1.27. The van der Waals surface area contributed by atoms with Crippen molar-refractivity contribution in [1.29, 1.82) is 0 Å². The number of hydrogen-bond acceptors (Lipinski definition) is 4. The fraction of sp³-hybridized carbons (Fsp3) is 0.545. The number of hydrogen-bond donors (Lipinski definition) is 2. The van der Waals surface area contributed by atoms with Crippen molar-refractivity contribution >= 4 is 17.7 Å². The zero-order valence-corrected chi connectivity index (χ0v) is 10.6. The molecular formula is C11H18N4O3. The molecule has 0 saturated heterocycles. The molecule has 1 aromatic rings. The summed E-state index contributed by atoms with van der Waals surface area (Å²) in [6, 6.07) is -0.277. The van der Waals surface area contributed by atoms with Crippen molar-refractivity contribution < 1.29 is 14.3 Å². The standard InChI is InChI=1S/C11H18N4O3/c1-3-4-5-12-11(17)14-9-6-13-15(7-9)8-10(16)18-2/h6-7H,3-5,8H2,1-2H3,(H2,12,14,17). The van der Waals surface area contributed by atoms with E-state index in [4.69, 9.17) is 0 Å². The molecule has 100 valence electrons. The maximum absolute atomic E-state index is 11.4. The predicted molar refractivity (Wildman–Crippen MR) is 66.2 cm³/mol. The summed E-state index contributed by atoms with van der Waals surface area (Å²) < 4.78 is 5.91. The molecule has 0 unspecified atom stereocenters. The zero-order chi connectivity index (χ0) is 13.4. The van der Waals surface area contributed by atoms with Gasteiger partial charge >= 0.3 is 12.0 Å². The molecule has 0 aliphatic rings. The second kappa shape index (κ2) is 7.31. The molecule has 0 spiro atoms. The number of aromatic nitrogens is 2. The van der Waals surface area contributed by atoms with E-state index in [2.05, 4.69) is 27.4 Å². The van der Waals surface area contributed by atoms with Crippen LogP contribution in [0.2, 0.25) is 0 Å². The molecule has 0 saturated carbocycles. The maximum Gasteiger partial charge on any atom is 0.327 e. The molecule has 0 radical (unpaired) electrons. The molecule has 0 atom stereocenters. The molecule has 1 heterocycles. The average Bonchev–Trinajstić information content (AvgIpc) is 2.76. The summed E-state index contributed by atoms with van der Waals surface area (Å²) in [5.41, 5.74) is 0.535. The fourth-order valence-corrected chi connectivity index (χ4v) is 1.27. The first-order chi connectivity index (χ1) is 8.65. The normalized spacial score (nSPS) is 9.89. The third-order valence-electron chi connectivity index (χ3n) is 2.23. The predicted octanol–water partition coefficient (Wildman–Crippen LogP) is 0.978. The second-order valence-corrected chi connectivity index (χ2v) is 3.74. The molecule has 1 aromatic heterocycles. The van der Waals surface area contributed by atoms with E-state index in [1.165, 1.54) is 18.0 Å². The number of ether oxygens (including phenoxy) is 1. The first-order valence-electron chi connectivity index (χ1n) is 5.79. The van der Waals surface area contributed by atoms with Crippen molar-refractivity contribution in [3.05, 3.63) is 12.4 Å². The number of methoxy groups -OCH3 is 1. The Labute approximate surface area is 105 Å². The second-order valence-electron chi connectivity index (χ2n) is 3.74. The van der Waals surface area contributed by atoms with Gasteiger partial charge in [-0.3, -0.25) is 9.48 Å². The molecular weight excluding hydrogens is 236 g/mol. The topological polar surface area (TPSA) is 85.3 Å². The van der Waals surface area contributed by atoms with Crippen LogP contribution in [0.4, 0.5) is 10.5 Å². The summed E-state index contributed by atoms with van der Waals surface area (Å²) >= 11 is 0. The van der Waals surface area contributed by atoms with E-state index in [0.717, 1.165) is 12.8 Å². The molecule has 0 fully saturated rings. The van der Waals surface area contributed by atoms with Crippen LogP contribution in [0.1, 0.15) is 19.8 Å². The van der Waals surface area contributed by atoms with Crippen molar-refractivity contribution in [3.8, 4) is 0 Å². The SMILES string of the molecule is CCCCNC(=O)Nc1cnn(CC(=O)OC)c1. The van der Waals surface area contributed by atoms with E-state index in [-0.39, 0.29) is 12.6 Å². The Morgan fingerprint density at radius 2 is 2.28 bits per heavy atom. The smallest absolute Gasteiger partial charge is 0.327 e. The van der Waals surface area contributed by atoms with E-state index in [9.17, 15) is 9.59 Å². The van der Waals surface area contributed by atoms with Gasteiger partial charge in [0.2, 0.25) is 0 Å². The van der Waals surface area contributed by atoms with Crippen LogP contribution < -0.4 is 10.6 Å². The quantitative estimate of drug-likeness (QED) is 0.585. The van der Waals surface area contributed by atoms with Crippen molar-refractivity contribution in [1.82, 2.24) is 15.1 Å². The minimum atomic E-state index is -0.392. The number of amides is 2. The molecule has 1 rings (SSSR count). The Morgan fingerprint density at radius 1 is 1.50 bits per heavy atom. The van der Waals surface area contributed by atoms with Gasteiger partial charge in [0.25, 0.3) is 0 Å². The van der Waals surface area contributed by atoms with Gasteiger partial charge in [0.1, 0.15) is 6.54 Å². The van der Waals surface area contributed by atoms with E-state index < -0.39 is 5.97 Å². The van der Waals surface area contributed by atoms with Crippen LogP contribution >= 0.6 is 0 Å². The van der Waals surface area contributed by atoms with Crippen LogP contribution in [-0.2, 0) is 16.1 Å². The average molecular weight is 254 g/mol. The lowest BCUT2D eigenvalue weighted by atomic mass is 10.3. The Balaban J connectivity index is 2.38. The molecule has 0 bridgehead atoms. The lowest BCUT2D eigenvalue weighted by Gasteiger charge is -2.04. The first-order valence-corrected chi connectivity index (χ1v) is 5.79. The van der Waals surface area contributed by atoms with Gasteiger partial charge < -0.3 is 15.4 Å². The largest absolute Gasteiger partial charge is 0.468 e. The van der Waals surface area contributed by atoms with E-state index in [1.54, 1.807) is 6.20 Å². The number of anilines is 1. The summed E-state index contributed by atoms with van der Waals surface area (Å²) in [6.07, 6.45) is 5.00. The van der Waals surface area contributed by atoms with Gasteiger partial charge in [0.15, 0.2) is 0 Å². The lowest BCUT2D eigenvalue weighted by molar-refractivity contribution is -0.141. The number of esters is 1. The third-order valence-corrected chi connectivity index (χ3v) is 2.23. The maximum atomic E-state index is 11.4. The van der Waals surface area contributed by atoms with Crippen LogP contribution in [-0.4, -0.2) is 35.4 Å². The minimum absolute atomic E-state index is 0.0234. The van der Waals surface area contributed by atoms with Crippen LogP contribution in [0.5, 0.6) is 0 Å². The van der Waals surface area contributed by atoms with Crippen LogP contribution in [0.15, 0.2) is 12.4 Å². The van der Waals surface area contributed by atoms with Crippen molar-refractivity contribution in [2.24, 2.45) is 0 Å². The monoisotopic (exact) mass is 254 g/mol. The highest BCUT2D eigenvalue weighted by atomic mass is 16.5. The Hall–Kier alpha value is -2.05. The summed E-state index contributed by atoms with van der Waals surface area (Å²) in [4.78, 5) is 22.4. The number of unbranched alkanes of at least 4 members (excludes halogenated alkanes) is 1. The van der Waals surface area contributed by atoms with E-state index >= 15 is 0 Å². The third kappa shape index (κ3) is 4.86. The number of rotatable bonds is 6. The summed E-state index contributed by atoms with van der Waals surface area (Å²) in [5.74, 6) is -0.392. The number of carbonyl (C=O) groups excluding carboxylic acids is 2. The highest BCUT2D eigenvalue weighted by Crippen LogP contribution is 2.04. The first kappa shape index (κ1) is 14.0. The van der Waals surface area contributed by atoms with Gasteiger partial charge in [0, 0.05) is 12.7 Å². The van der Waals surface area contributed by atoms with Crippen LogP contribution in [0.3, 0.4) is 0 Å². The lowest BCUT2D eigenvalue weighted by Crippen LogP contribution is -2.29. The summed E-state index contributed by atoms with van der Waals surface area (Å²) in [6.45, 7) is 2.71. The Kier molecular flexibility index (Phi) is 5.69. The minimum Gasteiger partial charge on any atom is -0.468 e. The molecule has 2 N–H and O–H groups in total. The van der Waals surface area contributed by atoms with E-state index in [0.29, 0.717) is 12.2 Å². The molecule has 2 amide bonds. The van der Waals surface area contributed by atoms with Crippen LogP contribution in [0, 0.1) is 0 Å². The summed E-state index contributed by atoms with van der Waals surface area (Å²) in [5, 5.41) is 9.27. The van der Waals surface area contributed by atoms with Gasteiger partial charge in [-0.25, -0.2) is 4.79 Å². The molecule has 7 heteroatoms. The van der Waals surface area contributed by atoms with Crippen molar-refractivity contribution in [3.63, 3.8) is 0 Å².